The summed E-state index contributed by atoms with van der Waals surface area (Å²) in [7, 11) is -1.39. The van der Waals surface area contributed by atoms with Gasteiger partial charge < -0.3 is 18.6 Å². The van der Waals surface area contributed by atoms with Crippen molar-refractivity contribution in [1.82, 2.24) is 0 Å². The van der Waals surface area contributed by atoms with Crippen molar-refractivity contribution in [1.29, 1.82) is 0 Å². The highest BCUT2D eigenvalue weighted by Crippen LogP contribution is 2.01. The monoisotopic (exact) mass is 292 g/mol. The average molecular weight is 292 g/mol. The summed E-state index contributed by atoms with van der Waals surface area (Å²) in [5, 5.41) is 0. The molecule has 0 saturated heterocycles. The minimum atomic E-state index is -1.39. The van der Waals surface area contributed by atoms with Crippen molar-refractivity contribution >= 4 is 8.32 Å². The largest absolute Gasteiger partial charge is 0.415 e. The molecule has 0 fully saturated rings. The van der Waals surface area contributed by atoms with E-state index >= 15 is 0 Å². The number of hydrogen-bond donors (Lipinski definition) is 0. The van der Waals surface area contributed by atoms with Gasteiger partial charge in [0.25, 0.3) is 0 Å². The molecule has 0 radical (unpaired) electrons. The van der Waals surface area contributed by atoms with Crippen LogP contribution in [-0.2, 0) is 18.6 Å². The highest BCUT2D eigenvalue weighted by molar-refractivity contribution is 6.69. The van der Waals surface area contributed by atoms with Gasteiger partial charge >= 0.3 is 0 Å². The first-order valence-corrected chi connectivity index (χ1v) is 10.7. The van der Waals surface area contributed by atoms with E-state index in [0.29, 0.717) is 45.6 Å². The highest BCUT2D eigenvalue weighted by atomic mass is 28.4. The maximum absolute atomic E-state index is 5.67. The molecule has 19 heavy (non-hydrogen) atoms. The van der Waals surface area contributed by atoms with Gasteiger partial charge in [0.15, 0.2) is 8.32 Å². The Kier molecular flexibility index (Phi) is 11.9. The molecular formula is C14H32O4Si. The molecule has 0 atom stereocenters. The molecule has 4 nitrogen and oxygen atoms in total. The lowest BCUT2D eigenvalue weighted by atomic mass is 10.1. The van der Waals surface area contributed by atoms with E-state index in [-0.39, 0.29) is 0 Å². The van der Waals surface area contributed by atoms with E-state index < -0.39 is 8.32 Å². The molecule has 0 saturated carbocycles. The van der Waals surface area contributed by atoms with Crippen LogP contribution in [0.25, 0.3) is 0 Å². The van der Waals surface area contributed by atoms with Gasteiger partial charge in [-0.05, 0) is 32.0 Å². The molecule has 0 rings (SSSR count). The van der Waals surface area contributed by atoms with Crippen LogP contribution in [0.15, 0.2) is 0 Å². The third-order valence-corrected chi connectivity index (χ3v) is 3.42. The van der Waals surface area contributed by atoms with E-state index in [4.69, 9.17) is 18.6 Å². The fourth-order valence-electron chi connectivity index (χ4n) is 1.27. The summed E-state index contributed by atoms with van der Waals surface area (Å²) in [5.74, 6) is 0.702. The van der Waals surface area contributed by atoms with Crippen LogP contribution in [0.2, 0.25) is 19.6 Å². The molecule has 0 aliphatic rings. The SMILES string of the molecule is CC(C)CCOCCOCCOCCO[Si](C)(C)C. The van der Waals surface area contributed by atoms with Crippen LogP contribution in [0.1, 0.15) is 20.3 Å². The number of rotatable bonds is 13. The molecule has 0 spiro atoms. The summed E-state index contributed by atoms with van der Waals surface area (Å²) in [6.45, 7) is 15.7. The van der Waals surface area contributed by atoms with Crippen LogP contribution in [0, 0.1) is 5.92 Å². The van der Waals surface area contributed by atoms with E-state index in [1.807, 2.05) is 0 Å². The van der Waals surface area contributed by atoms with Gasteiger partial charge in [0, 0.05) is 6.61 Å². The van der Waals surface area contributed by atoms with Gasteiger partial charge in [0.1, 0.15) is 0 Å². The van der Waals surface area contributed by atoms with Gasteiger partial charge in [-0.15, -0.1) is 0 Å². The molecule has 5 heteroatoms. The third kappa shape index (κ3) is 18.1. The third-order valence-electron chi connectivity index (χ3n) is 2.35. The summed E-state index contributed by atoms with van der Waals surface area (Å²) in [6.07, 6.45) is 1.11. The lowest BCUT2D eigenvalue weighted by Crippen LogP contribution is -2.27. The summed E-state index contributed by atoms with van der Waals surface area (Å²) in [4.78, 5) is 0. The summed E-state index contributed by atoms with van der Waals surface area (Å²) in [6, 6.07) is 0. The summed E-state index contributed by atoms with van der Waals surface area (Å²) < 4.78 is 21.9. The van der Waals surface area contributed by atoms with E-state index in [1.54, 1.807) is 0 Å². The second-order valence-electron chi connectivity index (χ2n) is 5.98. The normalized spacial score (nSPS) is 12.3. The second kappa shape index (κ2) is 11.8. The van der Waals surface area contributed by atoms with Crippen molar-refractivity contribution in [3.8, 4) is 0 Å². The van der Waals surface area contributed by atoms with E-state index in [9.17, 15) is 0 Å². The van der Waals surface area contributed by atoms with Crippen molar-refractivity contribution in [2.45, 2.75) is 39.9 Å². The summed E-state index contributed by atoms with van der Waals surface area (Å²) >= 11 is 0. The van der Waals surface area contributed by atoms with Crippen LogP contribution in [-0.4, -0.2) is 54.6 Å². The van der Waals surface area contributed by atoms with Gasteiger partial charge in [-0.3, -0.25) is 0 Å². The quantitative estimate of drug-likeness (QED) is 0.386. The first-order valence-electron chi connectivity index (χ1n) is 7.29. The lowest BCUT2D eigenvalue weighted by molar-refractivity contribution is 0.00747. The van der Waals surface area contributed by atoms with Crippen LogP contribution < -0.4 is 0 Å². The van der Waals surface area contributed by atoms with E-state index in [0.717, 1.165) is 13.0 Å². The Labute approximate surface area is 119 Å². The predicted molar refractivity (Wildman–Crippen MR) is 81.2 cm³/mol. The average Bonchev–Trinajstić information content (AvgIpc) is 2.28. The smallest absolute Gasteiger partial charge is 0.183 e. The van der Waals surface area contributed by atoms with Gasteiger partial charge in [-0.2, -0.15) is 0 Å². The molecule has 116 valence electrons. The minimum Gasteiger partial charge on any atom is -0.415 e. The number of hydrogen-bond acceptors (Lipinski definition) is 4. The topological polar surface area (TPSA) is 36.9 Å². The molecule has 0 aliphatic heterocycles. The fourth-order valence-corrected chi connectivity index (χ4v) is 1.96. The maximum Gasteiger partial charge on any atom is 0.183 e. The van der Waals surface area contributed by atoms with Crippen molar-refractivity contribution < 1.29 is 18.6 Å². The van der Waals surface area contributed by atoms with Crippen molar-refractivity contribution in [3.63, 3.8) is 0 Å². The number of ether oxygens (including phenoxy) is 3. The molecule has 0 aromatic carbocycles. The zero-order valence-electron chi connectivity index (χ0n) is 13.4. The van der Waals surface area contributed by atoms with Crippen LogP contribution in [0.3, 0.4) is 0 Å². The van der Waals surface area contributed by atoms with Gasteiger partial charge in [-0.1, -0.05) is 13.8 Å². The van der Waals surface area contributed by atoms with Crippen LogP contribution in [0.5, 0.6) is 0 Å². The van der Waals surface area contributed by atoms with Crippen LogP contribution >= 0.6 is 0 Å². The van der Waals surface area contributed by atoms with Gasteiger partial charge in [0.2, 0.25) is 0 Å². The lowest BCUT2D eigenvalue weighted by Gasteiger charge is -2.16. The maximum atomic E-state index is 5.67. The molecular weight excluding hydrogens is 260 g/mol. The van der Waals surface area contributed by atoms with Gasteiger partial charge in [0.05, 0.1) is 39.6 Å². The predicted octanol–water partition coefficient (Wildman–Crippen LogP) is 2.93. The zero-order valence-corrected chi connectivity index (χ0v) is 14.4. The molecule has 0 unspecified atom stereocenters. The van der Waals surface area contributed by atoms with E-state index in [1.165, 1.54) is 0 Å². The van der Waals surface area contributed by atoms with E-state index in [2.05, 4.69) is 33.5 Å². The molecule has 0 amide bonds. The van der Waals surface area contributed by atoms with Crippen LogP contribution in [0.4, 0.5) is 0 Å². The molecule has 0 aliphatic carbocycles. The zero-order chi connectivity index (χ0) is 14.6. The Bertz CT molecular complexity index is 192. The second-order valence-corrected chi connectivity index (χ2v) is 10.5. The Balaban J connectivity index is 3.03. The Morgan fingerprint density at radius 1 is 0.684 bits per heavy atom. The first-order chi connectivity index (χ1) is 8.92. The van der Waals surface area contributed by atoms with Gasteiger partial charge in [-0.25, -0.2) is 0 Å². The van der Waals surface area contributed by atoms with Crippen molar-refractivity contribution in [2.75, 3.05) is 46.2 Å². The molecule has 0 bridgehead atoms. The Hall–Kier alpha value is 0.0569. The van der Waals surface area contributed by atoms with Crippen molar-refractivity contribution in [3.05, 3.63) is 0 Å². The van der Waals surface area contributed by atoms with Crippen molar-refractivity contribution in [2.24, 2.45) is 5.92 Å². The molecule has 0 N–H and O–H groups in total. The Morgan fingerprint density at radius 2 is 1.11 bits per heavy atom. The Morgan fingerprint density at radius 3 is 1.53 bits per heavy atom. The summed E-state index contributed by atoms with van der Waals surface area (Å²) in [5.41, 5.74) is 0. The fraction of sp³-hybridized carbons (Fsp3) is 1.00. The molecule has 0 aromatic heterocycles. The molecule has 0 aromatic rings. The molecule has 0 heterocycles. The first kappa shape index (κ1) is 19.1. The standard InChI is InChI=1S/C14H32O4Si/c1-14(2)6-7-15-8-9-16-10-11-17-12-13-18-19(3,4)5/h14H,6-13H2,1-5H3. The highest BCUT2D eigenvalue weighted by Gasteiger charge is 2.12. The minimum absolute atomic E-state index is 0.625.